The van der Waals surface area contributed by atoms with Gasteiger partial charge in [-0.1, -0.05) is 65.8 Å². The lowest BCUT2D eigenvalue weighted by Crippen LogP contribution is -2.08. The highest BCUT2D eigenvalue weighted by molar-refractivity contribution is 6.00. The summed E-state index contributed by atoms with van der Waals surface area (Å²) in [5.41, 5.74) is 2.11. The second-order valence-electron chi connectivity index (χ2n) is 4.04. The third-order valence-corrected chi connectivity index (χ3v) is 2.80. The van der Waals surface area contributed by atoms with Gasteiger partial charge in [0.2, 0.25) is 0 Å². The van der Waals surface area contributed by atoms with Crippen LogP contribution < -0.4 is 0 Å². The summed E-state index contributed by atoms with van der Waals surface area (Å²) in [4.78, 5) is 0. The SMILES string of the molecule is O/N=C(\CC(O)c1ccccc1)c1ccccc1. The molecule has 2 N–H and O–H groups in total. The van der Waals surface area contributed by atoms with Gasteiger partial charge in [0, 0.05) is 6.42 Å². The smallest absolute Gasteiger partial charge is 0.0897 e. The van der Waals surface area contributed by atoms with Crippen LogP contribution in [0.2, 0.25) is 0 Å². The molecule has 0 radical (unpaired) electrons. The Morgan fingerprint density at radius 1 is 0.944 bits per heavy atom. The van der Waals surface area contributed by atoms with E-state index in [1.54, 1.807) is 0 Å². The van der Waals surface area contributed by atoms with Gasteiger partial charge in [0.25, 0.3) is 0 Å². The minimum Gasteiger partial charge on any atom is -0.411 e. The third kappa shape index (κ3) is 2.96. The van der Waals surface area contributed by atoms with E-state index in [4.69, 9.17) is 5.21 Å². The molecule has 0 saturated carbocycles. The first kappa shape index (κ1) is 12.3. The van der Waals surface area contributed by atoms with E-state index in [9.17, 15) is 5.11 Å². The molecule has 0 aromatic heterocycles. The quantitative estimate of drug-likeness (QED) is 0.491. The molecule has 1 unspecified atom stereocenters. The van der Waals surface area contributed by atoms with Crippen molar-refractivity contribution in [2.24, 2.45) is 5.16 Å². The van der Waals surface area contributed by atoms with Gasteiger partial charge in [-0.2, -0.15) is 0 Å². The standard InChI is InChI=1S/C15H15NO2/c17-15(13-9-5-2-6-10-13)11-14(16-18)12-7-3-1-4-8-12/h1-10,15,17-18H,11H2/b16-14+. The number of hydrogen-bond donors (Lipinski definition) is 2. The van der Waals surface area contributed by atoms with E-state index in [0.29, 0.717) is 5.71 Å². The van der Waals surface area contributed by atoms with Crippen LogP contribution in [0.4, 0.5) is 0 Å². The minimum absolute atomic E-state index is 0.282. The zero-order valence-corrected chi connectivity index (χ0v) is 9.90. The van der Waals surface area contributed by atoms with Gasteiger partial charge in [-0.05, 0) is 11.1 Å². The predicted molar refractivity (Wildman–Crippen MR) is 70.8 cm³/mol. The second-order valence-corrected chi connectivity index (χ2v) is 4.04. The van der Waals surface area contributed by atoms with E-state index >= 15 is 0 Å². The summed E-state index contributed by atoms with van der Waals surface area (Å²) < 4.78 is 0. The largest absolute Gasteiger partial charge is 0.411 e. The molecule has 0 bridgehead atoms. The normalized spacial score (nSPS) is 13.3. The number of rotatable bonds is 4. The highest BCUT2D eigenvalue weighted by atomic mass is 16.4. The summed E-state index contributed by atoms with van der Waals surface area (Å²) in [7, 11) is 0. The number of nitrogens with zero attached hydrogens (tertiary/aromatic N) is 1. The maximum Gasteiger partial charge on any atom is 0.0897 e. The Bertz CT molecular complexity index is 509. The summed E-state index contributed by atoms with van der Waals surface area (Å²) in [5, 5.41) is 22.4. The number of aliphatic hydroxyl groups excluding tert-OH is 1. The number of aliphatic hydroxyl groups is 1. The third-order valence-electron chi connectivity index (χ3n) is 2.80. The van der Waals surface area contributed by atoms with Gasteiger partial charge < -0.3 is 10.3 Å². The molecule has 3 heteroatoms. The second kappa shape index (κ2) is 5.98. The van der Waals surface area contributed by atoms with E-state index in [1.165, 1.54) is 0 Å². The molecule has 0 saturated heterocycles. The van der Waals surface area contributed by atoms with Crippen molar-refractivity contribution in [3.8, 4) is 0 Å². The summed E-state index contributed by atoms with van der Waals surface area (Å²) in [6, 6.07) is 18.7. The van der Waals surface area contributed by atoms with E-state index < -0.39 is 6.10 Å². The van der Waals surface area contributed by atoms with E-state index in [-0.39, 0.29) is 6.42 Å². The Balaban J connectivity index is 2.13. The molecule has 0 fully saturated rings. The fourth-order valence-corrected chi connectivity index (χ4v) is 1.82. The molecule has 0 heterocycles. The zero-order valence-electron chi connectivity index (χ0n) is 9.90. The minimum atomic E-state index is -0.669. The number of hydrogen-bond acceptors (Lipinski definition) is 3. The van der Waals surface area contributed by atoms with Gasteiger partial charge in [0.15, 0.2) is 0 Å². The van der Waals surface area contributed by atoms with Gasteiger partial charge in [0.1, 0.15) is 0 Å². The van der Waals surface area contributed by atoms with Gasteiger partial charge >= 0.3 is 0 Å². The highest BCUT2D eigenvalue weighted by Crippen LogP contribution is 2.19. The molecular weight excluding hydrogens is 226 g/mol. The Labute approximate surface area is 106 Å². The van der Waals surface area contributed by atoms with Crippen LogP contribution in [0, 0.1) is 0 Å². The Kier molecular flexibility index (Phi) is 4.10. The van der Waals surface area contributed by atoms with Gasteiger partial charge in [-0.25, -0.2) is 0 Å². The molecule has 92 valence electrons. The summed E-state index contributed by atoms with van der Waals surface area (Å²) >= 11 is 0. The van der Waals surface area contributed by atoms with Crippen molar-refractivity contribution in [3.05, 3.63) is 71.8 Å². The van der Waals surface area contributed by atoms with Crippen molar-refractivity contribution in [1.29, 1.82) is 0 Å². The highest BCUT2D eigenvalue weighted by Gasteiger charge is 2.13. The monoisotopic (exact) mass is 241 g/mol. The van der Waals surface area contributed by atoms with Gasteiger partial charge in [-0.15, -0.1) is 0 Å². The molecule has 0 aliphatic rings. The lowest BCUT2D eigenvalue weighted by Gasteiger charge is -2.12. The van der Waals surface area contributed by atoms with E-state index in [2.05, 4.69) is 5.16 Å². The molecule has 3 nitrogen and oxygen atoms in total. The van der Waals surface area contributed by atoms with Crippen LogP contribution in [0.3, 0.4) is 0 Å². The molecular formula is C15H15NO2. The van der Waals surface area contributed by atoms with Crippen molar-refractivity contribution in [3.63, 3.8) is 0 Å². The maximum absolute atomic E-state index is 10.1. The lowest BCUT2D eigenvalue weighted by atomic mass is 10.00. The van der Waals surface area contributed by atoms with Crippen LogP contribution in [0.1, 0.15) is 23.7 Å². The molecule has 2 rings (SSSR count). The molecule has 2 aromatic rings. The zero-order chi connectivity index (χ0) is 12.8. The van der Waals surface area contributed by atoms with E-state index in [0.717, 1.165) is 11.1 Å². The first-order valence-electron chi connectivity index (χ1n) is 5.80. The van der Waals surface area contributed by atoms with Crippen molar-refractivity contribution in [1.82, 2.24) is 0 Å². The van der Waals surface area contributed by atoms with Crippen LogP contribution in [0.5, 0.6) is 0 Å². The molecule has 0 spiro atoms. The maximum atomic E-state index is 10.1. The van der Waals surface area contributed by atoms with Crippen LogP contribution in [-0.4, -0.2) is 16.0 Å². The van der Waals surface area contributed by atoms with Gasteiger partial charge in [-0.3, -0.25) is 0 Å². The Hall–Kier alpha value is -2.13. The summed E-state index contributed by atoms with van der Waals surface area (Å²) in [6.07, 6.45) is -0.387. The fraction of sp³-hybridized carbons (Fsp3) is 0.133. The molecule has 18 heavy (non-hydrogen) atoms. The average molecular weight is 241 g/mol. The van der Waals surface area contributed by atoms with E-state index in [1.807, 2.05) is 60.7 Å². The summed E-state index contributed by atoms with van der Waals surface area (Å²) in [5.74, 6) is 0. The van der Waals surface area contributed by atoms with Crippen molar-refractivity contribution in [2.45, 2.75) is 12.5 Å². The summed E-state index contributed by atoms with van der Waals surface area (Å²) in [6.45, 7) is 0. The Morgan fingerprint density at radius 3 is 2.06 bits per heavy atom. The molecule has 0 aliphatic carbocycles. The number of benzene rings is 2. The number of oxime groups is 1. The van der Waals surface area contributed by atoms with Crippen molar-refractivity contribution < 1.29 is 10.3 Å². The lowest BCUT2D eigenvalue weighted by molar-refractivity contribution is 0.184. The first-order chi connectivity index (χ1) is 8.81. The molecule has 0 amide bonds. The first-order valence-corrected chi connectivity index (χ1v) is 5.80. The predicted octanol–water partition coefficient (Wildman–Crippen LogP) is 2.99. The molecule has 2 aromatic carbocycles. The van der Waals surface area contributed by atoms with Crippen LogP contribution in [0.15, 0.2) is 65.8 Å². The average Bonchev–Trinajstić information content (AvgIpc) is 2.46. The van der Waals surface area contributed by atoms with Crippen LogP contribution >= 0.6 is 0 Å². The van der Waals surface area contributed by atoms with Crippen LogP contribution in [-0.2, 0) is 0 Å². The topological polar surface area (TPSA) is 52.8 Å². The van der Waals surface area contributed by atoms with Crippen LogP contribution in [0.25, 0.3) is 0 Å². The molecule has 1 atom stereocenters. The molecule has 0 aliphatic heterocycles. The Morgan fingerprint density at radius 2 is 1.50 bits per heavy atom. The van der Waals surface area contributed by atoms with Gasteiger partial charge in [0.05, 0.1) is 11.8 Å². The fourth-order valence-electron chi connectivity index (χ4n) is 1.82. The van der Waals surface area contributed by atoms with Crippen molar-refractivity contribution >= 4 is 5.71 Å². The van der Waals surface area contributed by atoms with Crippen molar-refractivity contribution in [2.75, 3.05) is 0 Å².